The molecule has 0 saturated carbocycles. The lowest BCUT2D eigenvalue weighted by atomic mass is 9.85. The molecule has 0 unspecified atom stereocenters. The van der Waals surface area contributed by atoms with Gasteiger partial charge in [0.15, 0.2) is 11.4 Å². The van der Waals surface area contributed by atoms with Crippen molar-refractivity contribution in [1.29, 1.82) is 0 Å². The predicted octanol–water partition coefficient (Wildman–Crippen LogP) is 3.92. The van der Waals surface area contributed by atoms with Crippen molar-refractivity contribution in [3.05, 3.63) is 10.6 Å². The van der Waals surface area contributed by atoms with Crippen LogP contribution in [0.2, 0.25) is 0 Å². The first kappa shape index (κ1) is 14.5. The Hall–Kier alpha value is -0.900. The lowest BCUT2D eigenvalue weighted by Crippen LogP contribution is -2.24. The van der Waals surface area contributed by atoms with E-state index in [1.807, 2.05) is 0 Å². The van der Waals surface area contributed by atoms with E-state index in [4.69, 9.17) is 4.98 Å². The Balaban J connectivity index is 2.15. The molecule has 1 fully saturated rings. The van der Waals surface area contributed by atoms with E-state index in [1.165, 1.54) is 19.3 Å². The highest BCUT2D eigenvalue weighted by molar-refractivity contribution is 7.17. The van der Waals surface area contributed by atoms with Gasteiger partial charge in [0.1, 0.15) is 0 Å². The first-order valence-electron chi connectivity index (χ1n) is 7.25. The topological polar surface area (TPSA) is 33.2 Å². The third kappa shape index (κ3) is 3.56. The zero-order valence-electron chi connectivity index (χ0n) is 12.2. The molecule has 0 amide bonds. The van der Waals surface area contributed by atoms with Crippen molar-refractivity contribution in [1.82, 2.24) is 4.98 Å². The summed E-state index contributed by atoms with van der Waals surface area (Å²) >= 11 is 1.56. The summed E-state index contributed by atoms with van der Waals surface area (Å²) in [6, 6.07) is 0. The van der Waals surface area contributed by atoms with Crippen molar-refractivity contribution in [2.24, 2.45) is 5.41 Å². The summed E-state index contributed by atoms with van der Waals surface area (Å²) in [5, 5.41) is 1.04. The number of aromatic nitrogens is 1. The van der Waals surface area contributed by atoms with Gasteiger partial charge < -0.3 is 4.90 Å². The number of anilines is 1. The SMILES string of the molecule is CCCc1nc(N2CCCC(C)(C)CC2)sc1C=O. The summed E-state index contributed by atoms with van der Waals surface area (Å²) in [5.41, 5.74) is 1.42. The van der Waals surface area contributed by atoms with Gasteiger partial charge in [-0.2, -0.15) is 0 Å². The van der Waals surface area contributed by atoms with Crippen LogP contribution in [0, 0.1) is 5.41 Å². The molecule has 1 aliphatic heterocycles. The van der Waals surface area contributed by atoms with Gasteiger partial charge in [-0.15, -0.1) is 0 Å². The quantitative estimate of drug-likeness (QED) is 0.784. The second-order valence-electron chi connectivity index (χ2n) is 6.18. The van der Waals surface area contributed by atoms with Crippen molar-refractivity contribution in [2.75, 3.05) is 18.0 Å². The molecule has 0 aromatic carbocycles. The Labute approximate surface area is 120 Å². The molecule has 0 N–H and O–H groups in total. The largest absolute Gasteiger partial charge is 0.348 e. The van der Waals surface area contributed by atoms with E-state index < -0.39 is 0 Å². The highest BCUT2D eigenvalue weighted by atomic mass is 32.1. The smallest absolute Gasteiger partial charge is 0.186 e. The molecule has 106 valence electrons. The maximum absolute atomic E-state index is 11.1. The molecule has 0 aliphatic carbocycles. The normalized spacial score (nSPS) is 19.2. The molecule has 0 bridgehead atoms. The van der Waals surface area contributed by atoms with E-state index in [-0.39, 0.29) is 0 Å². The summed E-state index contributed by atoms with van der Waals surface area (Å²) in [4.78, 5) is 19.0. The zero-order chi connectivity index (χ0) is 13.9. The van der Waals surface area contributed by atoms with E-state index in [0.29, 0.717) is 5.41 Å². The van der Waals surface area contributed by atoms with Crippen molar-refractivity contribution in [3.8, 4) is 0 Å². The predicted molar refractivity (Wildman–Crippen MR) is 81.3 cm³/mol. The molecule has 1 aliphatic rings. The lowest BCUT2D eigenvalue weighted by molar-refractivity contribution is 0.112. The van der Waals surface area contributed by atoms with Gasteiger partial charge in [0.25, 0.3) is 0 Å². The summed E-state index contributed by atoms with van der Waals surface area (Å²) in [7, 11) is 0. The van der Waals surface area contributed by atoms with Gasteiger partial charge in [0.2, 0.25) is 0 Å². The number of hydrogen-bond donors (Lipinski definition) is 0. The van der Waals surface area contributed by atoms with Crippen LogP contribution < -0.4 is 4.90 Å². The molecule has 1 aromatic heterocycles. The zero-order valence-corrected chi connectivity index (χ0v) is 13.1. The van der Waals surface area contributed by atoms with Gasteiger partial charge in [-0.3, -0.25) is 4.79 Å². The maximum Gasteiger partial charge on any atom is 0.186 e. The van der Waals surface area contributed by atoms with E-state index in [0.717, 1.165) is 47.9 Å². The van der Waals surface area contributed by atoms with Gasteiger partial charge in [-0.1, -0.05) is 38.5 Å². The molecule has 2 rings (SSSR count). The fourth-order valence-corrected chi connectivity index (χ4v) is 3.59. The van der Waals surface area contributed by atoms with Crippen LogP contribution in [0.15, 0.2) is 0 Å². The molecule has 19 heavy (non-hydrogen) atoms. The van der Waals surface area contributed by atoms with Gasteiger partial charge in [0.05, 0.1) is 10.6 Å². The minimum Gasteiger partial charge on any atom is -0.348 e. The molecular weight excluding hydrogens is 256 g/mol. The fourth-order valence-electron chi connectivity index (χ4n) is 2.61. The molecule has 0 spiro atoms. The van der Waals surface area contributed by atoms with Crippen molar-refractivity contribution in [2.45, 2.75) is 52.9 Å². The number of carbonyl (C=O) groups is 1. The van der Waals surface area contributed by atoms with Crippen LogP contribution in [0.25, 0.3) is 0 Å². The van der Waals surface area contributed by atoms with Gasteiger partial charge in [0, 0.05) is 13.1 Å². The fraction of sp³-hybridized carbons (Fsp3) is 0.733. The van der Waals surface area contributed by atoms with Crippen LogP contribution in [0.1, 0.15) is 61.8 Å². The number of carbonyl (C=O) groups excluding carboxylic acids is 1. The molecule has 1 aromatic rings. The number of aryl methyl sites for hydroxylation is 1. The number of hydrogen-bond acceptors (Lipinski definition) is 4. The molecular formula is C15H24N2OS. The first-order valence-corrected chi connectivity index (χ1v) is 8.07. The van der Waals surface area contributed by atoms with Gasteiger partial charge in [-0.05, 0) is 31.1 Å². The highest BCUT2D eigenvalue weighted by Crippen LogP contribution is 2.33. The van der Waals surface area contributed by atoms with Crippen LogP contribution in [-0.4, -0.2) is 24.4 Å². The van der Waals surface area contributed by atoms with E-state index in [1.54, 1.807) is 11.3 Å². The summed E-state index contributed by atoms with van der Waals surface area (Å²) in [5.74, 6) is 0. The number of nitrogens with zero attached hydrogens (tertiary/aromatic N) is 2. The Morgan fingerprint density at radius 2 is 2.16 bits per heavy atom. The Morgan fingerprint density at radius 3 is 2.84 bits per heavy atom. The summed E-state index contributed by atoms with van der Waals surface area (Å²) in [6.45, 7) is 8.95. The molecule has 2 heterocycles. The Morgan fingerprint density at radius 1 is 1.37 bits per heavy atom. The lowest BCUT2D eigenvalue weighted by Gasteiger charge is -2.22. The molecule has 3 nitrogen and oxygen atoms in total. The Bertz CT molecular complexity index is 439. The third-order valence-electron chi connectivity index (χ3n) is 3.92. The average Bonchev–Trinajstić information content (AvgIpc) is 2.67. The first-order chi connectivity index (χ1) is 9.05. The van der Waals surface area contributed by atoms with Crippen LogP contribution in [0.4, 0.5) is 5.13 Å². The average molecular weight is 280 g/mol. The summed E-state index contributed by atoms with van der Waals surface area (Å²) < 4.78 is 0. The van der Waals surface area contributed by atoms with Gasteiger partial charge in [-0.25, -0.2) is 4.98 Å². The van der Waals surface area contributed by atoms with Crippen LogP contribution in [0.5, 0.6) is 0 Å². The summed E-state index contributed by atoms with van der Waals surface area (Å²) in [6.07, 6.45) is 6.60. The molecule has 4 heteroatoms. The molecule has 0 radical (unpaired) electrons. The number of rotatable bonds is 4. The second kappa shape index (κ2) is 6.04. The van der Waals surface area contributed by atoms with Crippen molar-refractivity contribution in [3.63, 3.8) is 0 Å². The monoisotopic (exact) mass is 280 g/mol. The molecule has 1 saturated heterocycles. The van der Waals surface area contributed by atoms with Crippen LogP contribution in [-0.2, 0) is 6.42 Å². The third-order valence-corrected chi connectivity index (χ3v) is 5.00. The van der Waals surface area contributed by atoms with Crippen molar-refractivity contribution < 1.29 is 4.79 Å². The van der Waals surface area contributed by atoms with E-state index >= 15 is 0 Å². The Kier molecular flexibility index (Phi) is 4.61. The van der Waals surface area contributed by atoms with Crippen molar-refractivity contribution >= 4 is 22.8 Å². The maximum atomic E-state index is 11.1. The minimum absolute atomic E-state index is 0.436. The highest BCUT2D eigenvalue weighted by Gasteiger charge is 2.25. The van der Waals surface area contributed by atoms with Crippen LogP contribution in [0.3, 0.4) is 0 Å². The standard InChI is InChI=1S/C15H24N2OS/c1-4-6-12-13(11-18)19-14(16-12)17-9-5-7-15(2,3)8-10-17/h11H,4-10H2,1-3H3. The minimum atomic E-state index is 0.436. The number of aldehydes is 1. The van der Waals surface area contributed by atoms with E-state index in [9.17, 15) is 4.79 Å². The molecule has 0 atom stereocenters. The second-order valence-corrected chi connectivity index (χ2v) is 7.19. The van der Waals surface area contributed by atoms with Gasteiger partial charge >= 0.3 is 0 Å². The number of thiazole rings is 1. The van der Waals surface area contributed by atoms with E-state index in [2.05, 4.69) is 25.7 Å². The van der Waals surface area contributed by atoms with Crippen LogP contribution >= 0.6 is 11.3 Å².